The molecule has 3 rings (SSSR count). The number of hydrogen-bond donors (Lipinski definition) is 0. The fourth-order valence-electron chi connectivity index (χ4n) is 4.01. The standard InChI is InChI=1S/C24H28O4/c1-18(25)16-27-22-10-6-20(7-11-22)24(14-4-3-5-15-24)21-8-12-23(13-9-21)28-17-19(2)26/h6-13H,3-5,14-17H2,1-2H3. The third-order valence-electron chi connectivity index (χ3n) is 5.41. The highest BCUT2D eigenvalue weighted by Crippen LogP contribution is 2.45. The van der Waals surface area contributed by atoms with Gasteiger partial charge in [0.05, 0.1) is 0 Å². The van der Waals surface area contributed by atoms with Gasteiger partial charge in [-0.05, 0) is 62.1 Å². The highest BCUT2D eigenvalue weighted by atomic mass is 16.5. The molecule has 4 nitrogen and oxygen atoms in total. The predicted octanol–water partition coefficient (Wildman–Crippen LogP) is 4.87. The summed E-state index contributed by atoms with van der Waals surface area (Å²) in [6.07, 6.45) is 5.88. The van der Waals surface area contributed by atoms with E-state index in [1.807, 2.05) is 24.3 Å². The summed E-state index contributed by atoms with van der Waals surface area (Å²) in [5.41, 5.74) is 2.54. The first kappa shape index (κ1) is 20.1. The molecule has 28 heavy (non-hydrogen) atoms. The molecule has 0 amide bonds. The summed E-state index contributed by atoms with van der Waals surface area (Å²) < 4.78 is 11.0. The second-order valence-corrected chi connectivity index (χ2v) is 7.67. The first-order valence-electron chi connectivity index (χ1n) is 9.95. The molecule has 1 fully saturated rings. The number of benzene rings is 2. The Morgan fingerprint density at radius 2 is 1.11 bits per heavy atom. The molecule has 0 spiro atoms. The predicted molar refractivity (Wildman–Crippen MR) is 109 cm³/mol. The van der Waals surface area contributed by atoms with Gasteiger partial charge < -0.3 is 9.47 Å². The van der Waals surface area contributed by atoms with Crippen molar-refractivity contribution in [2.75, 3.05) is 13.2 Å². The van der Waals surface area contributed by atoms with Crippen LogP contribution in [0.5, 0.6) is 11.5 Å². The van der Waals surface area contributed by atoms with Crippen molar-refractivity contribution in [3.05, 3.63) is 59.7 Å². The van der Waals surface area contributed by atoms with E-state index < -0.39 is 0 Å². The van der Waals surface area contributed by atoms with Crippen molar-refractivity contribution in [2.24, 2.45) is 0 Å². The maximum Gasteiger partial charge on any atom is 0.167 e. The van der Waals surface area contributed by atoms with E-state index in [1.54, 1.807) is 0 Å². The maximum absolute atomic E-state index is 11.1. The molecule has 0 bridgehead atoms. The van der Waals surface area contributed by atoms with E-state index in [-0.39, 0.29) is 30.2 Å². The summed E-state index contributed by atoms with van der Waals surface area (Å²) in [7, 11) is 0. The third-order valence-corrected chi connectivity index (χ3v) is 5.41. The molecule has 0 heterocycles. The largest absolute Gasteiger partial charge is 0.486 e. The summed E-state index contributed by atoms with van der Waals surface area (Å²) in [4.78, 5) is 22.2. The van der Waals surface area contributed by atoms with Gasteiger partial charge in [0.15, 0.2) is 11.6 Å². The van der Waals surface area contributed by atoms with Crippen molar-refractivity contribution in [3.8, 4) is 11.5 Å². The van der Waals surface area contributed by atoms with Gasteiger partial charge in [0.25, 0.3) is 0 Å². The number of carbonyl (C=O) groups excluding carboxylic acids is 2. The van der Waals surface area contributed by atoms with Crippen molar-refractivity contribution in [2.45, 2.75) is 51.4 Å². The first-order chi connectivity index (χ1) is 13.5. The zero-order valence-electron chi connectivity index (χ0n) is 16.7. The average Bonchev–Trinajstić information content (AvgIpc) is 2.72. The second kappa shape index (κ2) is 9.05. The lowest BCUT2D eigenvalue weighted by Crippen LogP contribution is -2.30. The van der Waals surface area contributed by atoms with Crippen LogP contribution in [0.2, 0.25) is 0 Å². The minimum Gasteiger partial charge on any atom is -0.486 e. The minimum atomic E-state index is -0.0174. The summed E-state index contributed by atoms with van der Waals surface area (Å²) >= 11 is 0. The molecule has 0 aliphatic heterocycles. The lowest BCUT2D eigenvalue weighted by Gasteiger charge is -2.38. The van der Waals surface area contributed by atoms with Crippen molar-refractivity contribution in [1.82, 2.24) is 0 Å². The minimum absolute atomic E-state index is 0.0138. The molecule has 148 valence electrons. The van der Waals surface area contributed by atoms with Crippen LogP contribution in [0.3, 0.4) is 0 Å². The Kier molecular flexibility index (Phi) is 6.50. The van der Waals surface area contributed by atoms with Gasteiger partial charge in [0, 0.05) is 5.41 Å². The van der Waals surface area contributed by atoms with Crippen molar-refractivity contribution in [3.63, 3.8) is 0 Å². The number of carbonyl (C=O) groups is 2. The summed E-state index contributed by atoms with van der Waals surface area (Å²) in [6.45, 7) is 3.25. The number of ketones is 2. The normalized spacial score (nSPS) is 15.6. The van der Waals surface area contributed by atoms with E-state index in [0.29, 0.717) is 0 Å². The topological polar surface area (TPSA) is 52.6 Å². The van der Waals surface area contributed by atoms with E-state index in [0.717, 1.165) is 24.3 Å². The van der Waals surface area contributed by atoms with E-state index >= 15 is 0 Å². The Balaban J connectivity index is 1.84. The van der Waals surface area contributed by atoms with Crippen LogP contribution >= 0.6 is 0 Å². The molecule has 2 aromatic rings. The second-order valence-electron chi connectivity index (χ2n) is 7.67. The molecule has 1 aliphatic carbocycles. The highest BCUT2D eigenvalue weighted by molar-refractivity contribution is 5.77. The van der Waals surface area contributed by atoms with Crippen LogP contribution < -0.4 is 9.47 Å². The van der Waals surface area contributed by atoms with E-state index in [4.69, 9.17) is 9.47 Å². The number of ether oxygens (including phenoxy) is 2. The summed E-state index contributed by atoms with van der Waals surface area (Å²) in [6, 6.07) is 16.3. The van der Waals surface area contributed by atoms with Crippen LogP contribution in [0.4, 0.5) is 0 Å². The van der Waals surface area contributed by atoms with Crippen LogP contribution in [0.25, 0.3) is 0 Å². The fourth-order valence-corrected chi connectivity index (χ4v) is 4.01. The van der Waals surface area contributed by atoms with Crippen LogP contribution in [-0.2, 0) is 15.0 Å². The lowest BCUT2D eigenvalue weighted by atomic mass is 9.65. The first-order valence-corrected chi connectivity index (χ1v) is 9.95. The Bertz CT molecular complexity index is 736. The maximum atomic E-state index is 11.1. The molecule has 0 atom stereocenters. The van der Waals surface area contributed by atoms with Crippen LogP contribution in [-0.4, -0.2) is 24.8 Å². The van der Waals surface area contributed by atoms with E-state index in [9.17, 15) is 9.59 Å². The molecule has 1 aliphatic rings. The van der Waals surface area contributed by atoms with Gasteiger partial charge in [-0.1, -0.05) is 43.5 Å². The molecular formula is C24H28O4. The molecule has 0 aromatic heterocycles. The van der Waals surface area contributed by atoms with Gasteiger partial charge in [-0.2, -0.15) is 0 Å². The lowest BCUT2D eigenvalue weighted by molar-refractivity contribution is -0.119. The zero-order chi connectivity index (χ0) is 20.0. The van der Waals surface area contributed by atoms with Crippen LogP contribution in [0.15, 0.2) is 48.5 Å². The van der Waals surface area contributed by atoms with Gasteiger partial charge in [0.1, 0.15) is 24.7 Å². The number of rotatable bonds is 8. The van der Waals surface area contributed by atoms with Crippen molar-refractivity contribution < 1.29 is 19.1 Å². The zero-order valence-corrected chi connectivity index (χ0v) is 16.7. The van der Waals surface area contributed by atoms with E-state index in [1.165, 1.54) is 44.2 Å². The van der Waals surface area contributed by atoms with Crippen LogP contribution in [0.1, 0.15) is 57.1 Å². The van der Waals surface area contributed by atoms with Gasteiger partial charge in [-0.25, -0.2) is 0 Å². The Morgan fingerprint density at radius 3 is 1.46 bits per heavy atom. The Hall–Kier alpha value is -2.62. The van der Waals surface area contributed by atoms with Crippen LogP contribution in [0, 0.1) is 0 Å². The molecule has 0 unspecified atom stereocenters. The average molecular weight is 380 g/mol. The smallest absolute Gasteiger partial charge is 0.167 e. The Labute approximate surface area is 166 Å². The van der Waals surface area contributed by atoms with Gasteiger partial charge in [0.2, 0.25) is 0 Å². The SMILES string of the molecule is CC(=O)COc1ccc(C2(c3ccc(OCC(C)=O)cc3)CCCCC2)cc1. The number of hydrogen-bond acceptors (Lipinski definition) is 4. The molecule has 4 heteroatoms. The molecule has 0 radical (unpaired) electrons. The fraction of sp³-hybridized carbons (Fsp3) is 0.417. The van der Waals surface area contributed by atoms with Crippen molar-refractivity contribution >= 4 is 11.6 Å². The van der Waals surface area contributed by atoms with Gasteiger partial charge in [-0.15, -0.1) is 0 Å². The third kappa shape index (κ3) is 4.80. The van der Waals surface area contributed by atoms with E-state index in [2.05, 4.69) is 24.3 Å². The monoisotopic (exact) mass is 380 g/mol. The number of Topliss-reactive ketones (excluding diaryl/α,β-unsaturated/α-hetero) is 2. The van der Waals surface area contributed by atoms with Gasteiger partial charge in [-0.3, -0.25) is 9.59 Å². The quantitative estimate of drug-likeness (QED) is 0.655. The Morgan fingerprint density at radius 1 is 0.714 bits per heavy atom. The molecule has 1 saturated carbocycles. The molecule has 0 saturated heterocycles. The molecular weight excluding hydrogens is 352 g/mol. The van der Waals surface area contributed by atoms with Crippen molar-refractivity contribution in [1.29, 1.82) is 0 Å². The molecule has 2 aromatic carbocycles. The summed E-state index contributed by atoms with van der Waals surface area (Å²) in [5, 5.41) is 0. The highest BCUT2D eigenvalue weighted by Gasteiger charge is 2.35. The summed E-state index contributed by atoms with van der Waals surface area (Å²) in [5.74, 6) is 1.47. The van der Waals surface area contributed by atoms with Gasteiger partial charge >= 0.3 is 0 Å². The molecule has 0 N–H and O–H groups in total.